The molecular weight excluding hydrogens is 240 g/mol. The molecule has 0 fully saturated rings. The van der Waals surface area contributed by atoms with Gasteiger partial charge in [-0.25, -0.2) is 9.78 Å². The molecule has 1 aromatic heterocycles. The predicted octanol–water partition coefficient (Wildman–Crippen LogP) is 2.75. The minimum Gasteiger partial charge on any atom is -0.477 e. The van der Waals surface area contributed by atoms with Gasteiger partial charge in [-0.1, -0.05) is 33.3 Å². The third kappa shape index (κ3) is 4.03. The third-order valence-corrected chi connectivity index (χ3v) is 3.30. The lowest BCUT2D eigenvalue weighted by Gasteiger charge is -2.27. The summed E-state index contributed by atoms with van der Waals surface area (Å²) in [5.74, 6) is -0.958. The van der Waals surface area contributed by atoms with Crippen molar-refractivity contribution in [3.8, 4) is 0 Å². The van der Waals surface area contributed by atoms with Crippen LogP contribution in [0.3, 0.4) is 0 Å². The molecule has 4 heteroatoms. The third-order valence-electron chi connectivity index (χ3n) is 3.30. The van der Waals surface area contributed by atoms with E-state index in [4.69, 9.17) is 10.8 Å². The fourth-order valence-corrected chi connectivity index (χ4v) is 2.46. The highest BCUT2D eigenvalue weighted by Crippen LogP contribution is 2.29. The maximum atomic E-state index is 11.2. The van der Waals surface area contributed by atoms with Crippen molar-refractivity contribution in [3.63, 3.8) is 0 Å². The van der Waals surface area contributed by atoms with E-state index >= 15 is 0 Å². The van der Waals surface area contributed by atoms with Crippen LogP contribution in [-0.2, 0) is 11.8 Å². The molecule has 0 bridgehead atoms. The number of carboxylic acids is 1. The molecule has 0 amide bonds. The van der Waals surface area contributed by atoms with E-state index in [-0.39, 0.29) is 17.2 Å². The van der Waals surface area contributed by atoms with Crippen LogP contribution in [-0.4, -0.2) is 22.1 Å². The second-order valence-corrected chi connectivity index (χ2v) is 5.85. The van der Waals surface area contributed by atoms with Gasteiger partial charge in [-0.3, -0.25) is 0 Å². The molecule has 0 aliphatic heterocycles. The van der Waals surface area contributed by atoms with Gasteiger partial charge in [0.05, 0.1) is 0 Å². The van der Waals surface area contributed by atoms with Crippen molar-refractivity contribution in [2.45, 2.75) is 58.4 Å². The summed E-state index contributed by atoms with van der Waals surface area (Å²) in [6, 6.07) is 2.08. The molecular formula is C15H24N2O2. The molecule has 106 valence electrons. The first-order valence-corrected chi connectivity index (χ1v) is 6.76. The van der Waals surface area contributed by atoms with Gasteiger partial charge in [-0.05, 0) is 36.3 Å². The summed E-state index contributed by atoms with van der Waals surface area (Å²) in [7, 11) is 0. The van der Waals surface area contributed by atoms with Crippen LogP contribution in [0.15, 0.2) is 12.3 Å². The minimum absolute atomic E-state index is 0.0965. The average Bonchev–Trinajstić information content (AvgIpc) is 2.27. The van der Waals surface area contributed by atoms with Gasteiger partial charge in [0.2, 0.25) is 0 Å². The Morgan fingerprint density at radius 2 is 2.16 bits per heavy atom. The van der Waals surface area contributed by atoms with E-state index in [1.54, 1.807) is 6.20 Å². The molecule has 4 nitrogen and oxygen atoms in total. The number of aryl methyl sites for hydroxylation is 1. The summed E-state index contributed by atoms with van der Waals surface area (Å²) >= 11 is 0. The Morgan fingerprint density at radius 3 is 2.63 bits per heavy atom. The second kappa shape index (κ2) is 6.15. The molecule has 0 aliphatic carbocycles. The van der Waals surface area contributed by atoms with Crippen molar-refractivity contribution in [1.29, 1.82) is 0 Å². The van der Waals surface area contributed by atoms with E-state index in [0.717, 1.165) is 30.4 Å². The number of aromatic carboxylic acids is 1. The van der Waals surface area contributed by atoms with Gasteiger partial charge >= 0.3 is 5.97 Å². The van der Waals surface area contributed by atoms with Gasteiger partial charge in [0, 0.05) is 12.2 Å². The smallest absolute Gasteiger partial charge is 0.354 e. The summed E-state index contributed by atoms with van der Waals surface area (Å²) in [4.78, 5) is 15.3. The van der Waals surface area contributed by atoms with Crippen LogP contribution in [0, 0.1) is 0 Å². The van der Waals surface area contributed by atoms with E-state index in [1.807, 2.05) is 19.9 Å². The first kappa shape index (κ1) is 15.6. The van der Waals surface area contributed by atoms with Crippen LogP contribution < -0.4 is 5.73 Å². The number of pyridine rings is 1. The number of aromatic nitrogens is 1. The largest absolute Gasteiger partial charge is 0.477 e. The molecule has 0 saturated heterocycles. The van der Waals surface area contributed by atoms with Crippen LogP contribution in [0.1, 0.15) is 62.2 Å². The maximum absolute atomic E-state index is 11.2. The highest BCUT2D eigenvalue weighted by atomic mass is 16.4. The summed E-state index contributed by atoms with van der Waals surface area (Å²) in [5.41, 5.74) is 7.81. The summed E-state index contributed by atoms with van der Waals surface area (Å²) in [6.07, 6.45) is 4.15. The Kier molecular flexibility index (Phi) is 5.06. The molecule has 0 aliphatic rings. The van der Waals surface area contributed by atoms with Crippen LogP contribution in [0.25, 0.3) is 0 Å². The Labute approximate surface area is 115 Å². The van der Waals surface area contributed by atoms with E-state index in [9.17, 15) is 4.79 Å². The fourth-order valence-electron chi connectivity index (χ4n) is 2.46. The Hall–Kier alpha value is -1.42. The lowest BCUT2D eigenvalue weighted by atomic mass is 9.79. The monoisotopic (exact) mass is 264 g/mol. The Morgan fingerprint density at radius 1 is 1.53 bits per heavy atom. The van der Waals surface area contributed by atoms with Crippen molar-refractivity contribution in [2.24, 2.45) is 5.73 Å². The van der Waals surface area contributed by atoms with E-state index in [1.165, 1.54) is 0 Å². The predicted molar refractivity (Wildman–Crippen MR) is 76.5 cm³/mol. The minimum atomic E-state index is -0.958. The van der Waals surface area contributed by atoms with Gasteiger partial charge in [-0.2, -0.15) is 0 Å². The lowest BCUT2D eigenvalue weighted by molar-refractivity contribution is 0.0689. The molecule has 3 N–H and O–H groups in total. The lowest BCUT2D eigenvalue weighted by Crippen LogP contribution is -2.28. The van der Waals surface area contributed by atoms with Crippen LogP contribution in [0.4, 0.5) is 0 Å². The van der Waals surface area contributed by atoms with Crippen LogP contribution >= 0.6 is 0 Å². The summed E-state index contributed by atoms with van der Waals surface area (Å²) < 4.78 is 0. The zero-order chi connectivity index (χ0) is 14.6. The van der Waals surface area contributed by atoms with Gasteiger partial charge in [0.25, 0.3) is 0 Å². The molecule has 1 unspecified atom stereocenters. The average molecular weight is 264 g/mol. The van der Waals surface area contributed by atoms with Crippen molar-refractivity contribution in [1.82, 2.24) is 4.98 Å². The van der Waals surface area contributed by atoms with Crippen LogP contribution in [0.2, 0.25) is 0 Å². The number of nitrogens with zero attached hydrogens (tertiary/aromatic N) is 1. The zero-order valence-electron chi connectivity index (χ0n) is 12.2. The quantitative estimate of drug-likeness (QED) is 0.828. The summed E-state index contributed by atoms with van der Waals surface area (Å²) in [6.45, 7) is 8.24. The number of hydrogen-bond acceptors (Lipinski definition) is 3. The number of hydrogen-bond donors (Lipinski definition) is 2. The van der Waals surface area contributed by atoms with E-state index in [2.05, 4.69) is 18.8 Å². The number of rotatable bonds is 6. The standard InChI is InChI=1S/C15H24N2O2/c1-5-6-11-7-12(9-17-13(11)14(18)19)15(3,4)8-10(2)16/h7,9-10H,5-6,8,16H2,1-4H3,(H,18,19). The van der Waals surface area contributed by atoms with Gasteiger partial charge in [0.15, 0.2) is 5.69 Å². The first-order valence-electron chi connectivity index (χ1n) is 6.76. The SMILES string of the molecule is CCCc1cc(C(C)(C)CC(C)N)cnc1C(=O)O. The van der Waals surface area contributed by atoms with Crippen LogP contribution in [0.5, 0.6) is 0 Å². The van der Waals surface area contributed by atoms with Gasteiger partial charge in [0.1, 0.15) is 0 Å². The molecule has 0 aromatic carbocycles. The van der Waals surface area contributed by atoms with Crippen molar-refractivity contribution in [2.75, 3.05) is 0 Å². The normalized spacial score (nSPS) is 13.3. The highest BCUT2D eigenvalue weighted by Gasteiger charge is 2.24. The van der Waals surface area contributed by atoms with E-state index < -0.39 is 5.97 Å². The number of nitrogens with two attached hydrogens (primary N) is 1. The van der Waals surface area contributed by atoms with Gasteiger partial charge < -0.3 is 10.8 Å². The fraction of sp³-hybridized carbons (Fsp3) is 0.600. The Balaban J connectivity index is 3.17. The molecule has 1 aromatic rings. The van der Waals surface area contributed by atoms with Crippen molar-refractivity contribution in [3.05, 3.63) is 29.1 Å². The molecule has 0 spiro atoms. The highest BCUT2D eigenvalue weighted by molar-refractivity contribution is 5.87. The van der Waals surface area contributed by atoms with Crippen molar-refractivity contribution >= 4 is 5.97 Å². The molecule has 0 saturated carbocycles. The van der Waals surface area contributed by atoms with Crippen molar-refractivity contribution < 1.29 is 9.90 Å². The zero-order valence-corrected chi connectivity index (χ0v) is 12.2. The number of carbonyl (C=O) groups is 1. The Bertz CT molecular complexity index is 453. The first-order chi connectivity index (χ1) is 8.77. The molecule has 0 radical (unpaired) electrons. The molecule has 1 rings (SSSR count). The maximum Gasteiger partial charge on any atom is 0.354 e. The number of carboxylic acid groups (broad SMARTS) is 1. The topological polar surface area (TPSA) is 76.2 Å². The molecule has 19 heavy (non-hydrogen) atoms. The summed E-state index contributed by atoms with van der Waals surface area (Å²) in [5, 5.41) is 9.15. The molecule has 1 atom stereocenters. The van der Waals surface area contributed by atoms with Gasteiger partial charge in [-0.15, -0.1) is 0 Å². The molecule has 1 heterocycles. The second-order valence-electron chi connectivity index (χ2n) is 5.85. The van der Waals surface area contributed by atoms with E-state index in [0.29, 0.717) is 0 Å².